The third kappa shape index (κ3) is 2.84. The van der Waals surface area contributed by atoms with Crippen molar-refractivity contribution in [2.45, 2.75) is 45.4 Å². The molecule has 90 valence electrons. The van der Waals surface area contributed by atoms with Gasteiger partial charge in [-0.2, -0.15) is 0 Å². The average molecular weight is 225 g/mol. The van der Waals surface area contributed by atoms with Gasteiger partial charge < -0.3 is 10.8 Å². The summed E-state index contributed by atoms with van der Waals surface area (Å²) in [5.74, 6) is -1.47. The van der Waals surface area contributed by atoms with Crippen LogP contribution in [0.5, 0.6) is 0 Å². The van der Waals surface area contributed by atoms with Gasteiger partial charge in [-0.15, -0.1) is 0 Å². The Bertz CT molecular complexity index is 314. The number of ketones is 1. The summed E-state index contributed by atoms with van der Waals surface area (Å²) in [5, 5.41) is 9.02. The molecule has 1 aliphatic carbocycles. The summed E-state index contributed by atoms with van der Waals surface area (Å²) in [6.45, 7) is 1.65. The molecule has 1 saturated carbocycles. The number of carboxylic acids is 1. The van der Waals surface area contributed by atoms with Gasteiger partial charge >= 0.3 is 5.97 Å². The van der Waals surface area contributed by atoms with Crippen LogP contribution >= 0.6 is 0 Å². The van der Waals surface area contributed by atoms with Crippen LogP contribution < -0.4 is 5.73 Å². The van der Waals surface area contributed by atoms with E-state index in [1.54, 1.807) is 6.92 Å². The molecule has 0 unspecified atom stereocenters. The molecule has 0 aromatic heterocycles. The fourth-order valence-corrected chi connectivity index (χ4v) is 2.20. The van der Waals surface area contributed by atoms with Crippen molar-refractivity contribution in [1.82, 2.24) is 0 Å². The molecular weight excluding hydrogens is 206 g/mol. The molecule has 0 aromatic carbocycles. The van der Waals surface area contributed by atoms with E-state index in [0.717, 1.165) is 25.7 Å². The van der Waals surface area contributed by atoms with Gasteiger partial charge in [-0.05, 0) is 18.8 Å². The molecule has 1 fully saturated rings. The minimum absolute atomic E-state index is 0.0790. The standard InChI is InChI=1S/C12H19NO3/c1-2-9(14)10(12(15)16)11(13)8-6-4-3-5-7-8/h8H,2-7,13H2,1H3,(H,15,16). The molecule has 0 heterocycles. The van der Waals surface area contributed by atoms with Gasteiger partial charge in [-0.25, -0.2) is 4.79 Å². The van der Waals surface area contributed by atoms with Crippen LogP contribution in [0.15, 0.2) is 11.3 Å². The van der Waals surface area contributed by atoms with Crippen LogP contribution in [0.3, 0.4) is 0 Å². The van der Waals surface area contributed by atoms with E-state index in [4.69, 9.17) is 10.8 Å². The lowest BCUT2D eigenvalue weighted by Crippen LogP contribution is -2.24. The first-order chi connectivity index (χ1) is 7.57. The van der Waals surface area contributed by atoms with Gasteiger partial charge in [0.2, 0.25) is 0 Å². The number of Topliss-reactive ketones (excluding diaryl/α,β-unsaturated/α-hetero) is 1. The zero-order valence-corrected chi connectivity index (χ0v) is 9.66. The molecule has 4 heteroatoms. The second-order valence-electron chi connectivity index (χ2n) is 4.25. The van der Waals surface area contributed by atoms with Gasteiger partial charge in [0, 0.05) is 12.1 Å². The van der Waals surface area contributed by atoms with Crippen molar-refractivity contribution < 1.29 is 14.7 Å². The summed E-state index contributed by atoms with van der Waals surface area (Å²) in [4.78, 5) is 22.5. The quantitative estimate of drug-likeness (QED) is 0.434. The third-order valence-corrected chi connectivity index (χ3v) is 3.15. The van der Waals surface area contributed by atoms with E-state index in [9.17, 15) is 9.59 Å². The summed E-state index contributed by atoms with van der Waals surface area (Å²) in [6, 6.07) is 0. The molecule has 3 N–H and O–H groups in total. The van der Waals surface area contributed by atoms with Crippen molar-refractivity contribution in [3.8, 4) is 0 Å². The first-order valence-electron chi connectivity index (χ1n) is 5.84. The van der Waals surface area contributed by atoms with E-state index in [-0.39, 0.29) is 23.7 Å². The smallest absolute Gasteiger partial charge is 0.341 e. The van der Waals surface area contributed by atoms with Gasteiger partial charge in [0.05, 0.1) is 0 Å². The Labute approximate surface area is 95.5 Å². The molecule has 1 rings (SSSR count). The Hall–Kier alpha value is -1.32. The van der Waals surface area contributed by atoms with Crippen molar-refractivity contribution in [2.75, 3.05) is 0 Å². The number of hydrogen-bond donors (Lipinski definition) is 2. The zero-order valence-electron chi connectivity index (χ0n) is 9.66. The number of nitrogens with two attached hydrogens (primary N) is 1. The van der Waals surface area contributed by atoms with Gasteiger partial charge in [-0.1, -0.05) is 26.2 Å². The molecule has 0 radical (unpaired) electrons. The maximum Gasteiger partial charge on any atom is 0.341 e. The Kier molecular flexibility index (Phi) is 4.52. The lowest BCUT2D eigenvalue weighted by Gasteiger charge is -2.23. The summed E-state index contributed by atoms with van der Waals surface area (Å²) in [6.07, 6.45) is 5.30. The molecule has 4 nitrogen and oxygen atoms in total. The number of aliphatic carboxylic acids is 1. The van der Waals surface area contributed by atoms with Crippen LogP contribution in [-0.4, -0.2) is 16.9 Å². The van der Waals surface area contributed by atoms with E-state index in [1.807, 2.05) is 0 Å². The Morgan fingerprint density at radius 1 is 1.25 bits per heavy atom. The van der Waals surface area contributed by atoms with Gasteiger partial charge in [0.1, 0.15) is 5.57 Å². The van der Waals surface area contributed by atoms with Crippen molar-refractivity contribution in [3.05, 3.63) is 11.3 Å². The van der Waals surface area contributed by atoms with Crippen LogP contribution in [0, 0.1) is 5.92 Å². The van der Waals surface area contributed by atoms with Crippen molar-refractivity contribution in [1.29, 1.82) is 0 Å². The van der Waals surface area contributed by atoms with E-state index in [0.29, 0.717) is 5.70 Å². The van der Waals surface area contributed by atoms with E-state index >= 15 is 0 Å². The molecule has 0 bridgehead atoms. The van der Waals surface area contributed by atoms with E-state index in [1.165, 1.54) is 6.42 Å². The predicted octanol–water partition coefficient (Wildman–Crippen LogP) is 1.84. The second kappa shape index (κ2) is 5.68. The Morgan fingerprint density at radius 2 is 1.81 bits per heavy atom. The van der Waals surface area contributed by atoms with Crippen molar-refractivity contribution in [2.24, 2.45) is 11.7 Å². The normalized spacial score (nSPS) is 19.1. The fourth-order valence-electron chi connectivity index (χ4n) is 2.20. The first kappa shape index (κ1) is 12.7. The number of carbonyl (C=O) groups excluding carboxylic acids is 1. The summed E-state index contributed by atoms with van der Waals surface area (Å²) < 4.78 is 0. The van der Waals surface area contributed by atoms with Crippen LogP contribution in [-0.2, 0) is 9.59 Å². The summed E-state index contributed by atoms with van der Waals surface area (Å²) >= 11 is 0. The van der Waals surface area contributed by atoms with Crippen LogP contribution in [0.25, 0.3) is 0 Å². The van der Waals surface area contributed by atoms with Gasteiger partial charge in [-0.3, -0.25) is 4.79 Å². The molecule has 1 aliphatic rings. The molecule has 0 aliphatic heterocycles. The largest absolute Gasteiger partial charge is 0.477 e. The number of rotatable bonds is 4. The highest BCUT2D eigenvalue weighted by Crippen LogP contribution is 2.29. The average Bonchev–Trinajstić information content (AvgIpc) is 2.29. The molecular formula is C12H19NO3. The second-order valence-corrected chi connectivity index (χ2v) is 4.25. The molecule has 0 atom stereocenters. The highest BCUT2D eigenvalue weighted by atomic mass is 16.4. The SMILES string of the molecule is CCC(=O)C(C(=O)O)=C(N)C1CCCCC1. The summed E-state index contributed by atoms with van der Waals surface area (Å²) in [5.41, 5.74) is 5.95. The monoisotopic (exact) mass is 225 g/mol. The Balaban J connectivity index is 2.95. The fraction of sp³-hybridized carbons (Fsp3) is 0.667. The summed E-state index contributed by atoms with van der Waals surface area (Å²) in [7, 11) is 0. The number of carboxylic acid groups (broad SMARTS) is 1. The predicted molar refractivity (Wildman–Crippen MR) is 60.7 cm³/mol. The maximum absolute atomic E-state index is 11.5. The third-order valence-electron chi connectivity index (χ3n) is 3.15. The highest BCUT2D eigenvalue weighted by molar-refractivity contribution is 6.17. The minimum atomic E-state index is -1.19. The van der Waals surface area contributed by atoms with Crippen LogP contribution in [0.1, 0.15) is 45.4 Å². The zero-order chi connectivity index (χ0) is 12.1. The van der Waals surface area contributed by atoms with Crippen LogP contribution in [0.4, 0.5) is 0 Å². The number of carbonyl (C=O) groups is 2. The molecule has 0 saturated heterocycles. The Morgan fingerprint density at radius 3 is 2.25 bits per heavy atom. The lowest BCUT2D eigenvalue weighted by atomic mass is 9.84. The van der Waals surface area contributed by atoms with Crippen LogP contribution in [0.2, 0.25) is 0 Å². The van der Waals surface area contributed by atoms with E-state index < -0.39 is 5.97 Å². The topological polar surface area (TPSA) is 80.4 Å². The first-order valence-corrected chi connectivity index (χ1v) is 5.84. The molecule has 0 spiro atoms. The molecule has 0 amide bonds. The maximum atomic E-state index is 11.5. The number of allylic oxidation sites excluding steroid dienone is 1. The lowest BCUT2D eigenvalue weighted by molar-refractivity contribution is -0.134. The minimum Gasteiger partial charge on any atom is -0.477 e. The van der Waals surface area contributed by atoms with Crippen molar-refractivity contribution >= 4 is 11.8 Å². The van der Waals surface area contributed by atoms with Crippen molar-refractivity contribution in [3.63, 3.8) is 0 Å². The molecule has 16 heavy (non-hydrogen) atoms. The molecule has 0 aromatic rings. The highest BCUT2D eigenvalue weighted by Gasteiger charge is 2.25. The number of hydrogen-bond acceptors (Lipinski definition) is 3. The van der Waals surface area contributed by atoms with Gasteiger partial charge in [0.15, 0.2) is 5.78 Å². The van der Waals surface area contributed by atoms with E-state index in [2.05, 4.69) is 0 Å². The van der Waals surface area contributed by atoms with Gasteiger partial charge in [0.25, 0.3) is 0 Å².